The van der Waals surface area contributed by atoms with Gasteiger partial charge in [0, 0.05) is 5.02 Å². The van der Waals surface area contributed by atoms with Gasteiger partial charge in [0.05, 0.1) is 10.6 Å². The molecule has 2 aromatic carbocycles. The lowest BCUT2D eigenvalue weighted by molar-refractivity contribution is 0.0995. The third kappa shape index (κ3) is 4.29. The summed E-state index contributed by atoms with van der Waals surface area (Å²) in [5.41, 5.74) is 6.63. The molecule has 0 heterocycles. The quantitative estimate of drug-likeness (QED) is 0.813. The maximum absolute atomic E-state index is 11.3. The van der Waals surface area contributed by atoms with E-state index in [4.69, 9.17) is 38.4 Å². The zero-order valence-electron chi connectivity index (χ0n) is 11.9. The van der Waals surface area contributed by atoms with Crippen LogP contribution in [0.5, 0.6) is 11.5 Å². The standard InChI is InChI=1S/C16H15Cl2NO3/c1-10-2-4-12(16(19)20)15(8-10)22-7-6-21-14-5-3-11(17)9-13(14)18/h2-5,8-9H,6-7H2,1H3,(H2,19,20). The summed E-state index contributed by atoms with van der Waals surface area (Å²) in [5.74, 6) is 0.434. The second kappa shape index (κ2) is 7.38. The molecule has 0 aliphatic carbocycles. The molecule has 0 spiro atoms. The topological polar surface area (TPSA) is 61.6 Å². The Morgan fingerprint density at radius 3 is 2.36 bits per heavy atom. The highest BCUT2D eigenvalue weighted by Crippen LogP contribution is 2.27. The fraction of sp³-hybridized carbons (Fsp3) is 0.188. The van der Waals surface area contributed by atoms with Gasteiger partial charge in [-0.3, -0.25) is 4.79 Å². The maximum atomic E-state index is 11.3. The van der Waals surface area contributed by atoms with Crippen LogP contribution in [-0.4, -0.2) is 19.1 Å². The van der Waals surface area contributed by atoms with E-state index in [0.717, 1.165) is 5.56 Å². The first kappa shape index (κ1) is 16.5. The summed E-state index contributed by atoms with van der Waals surface area (Å²) >= 11 is 11.8. The van der Waals surface area contributed by atoms with Crippen LogP contribution in [0.1, 0.15) is 15.9 Å². The van der Waals surface area contributed by atoms with Crippen molar-refractivity contribution in [1.29, 1.82) is 0 Å². The molecule has 22 heavy (non-hydrogen) atoms. The highest BCUT2D eigenvalue weighted by molar-refractivity contribution is 6.35. The molecule has 0 aromatic heterocycles. The summed E-state index contributed by atoms with van der Waals surface area (Å²) in [6.07, 6.45) is 0. The Bertz CT molecular complexity index is 689. The summed E-state index contributed by atoms with van der Waals surface area (Å²) in [5, 5.41) is 0.973. The molecule has 0 atom stereocenters. The molecule has 2 N–H and O–H groups in total. The van der Waals surface area contributed by atoms with Crippen molar-refractivity contribution in [2.24, 2.45) is 5.73 Å². The number of aryl methyl sites for hydroxylation is 1. The molecule has 0 aliphatic heterocycles. The number of ether oxygens (including phenoxy) is 2. The number of nitrogens with two attached hydrogens (primary N) is 1. The zero-order valence-corrected chi connectivity index (χ0v) is 13.4. The molecular formula is C16H15Cl2NO3. The van der Waals surface area contributed by atoms with E-state index in [9.17, 15) is 4.79 Å². The molecule has 0 unspecified atom stereocenters. The third-order valence-electron chi connectivity index (χ3n) is 2.89. The van der Waals surface area contributed by atoms with E-state index < -0.39 is 5.91 Å². The van der Waals surface area contributed by atoms with E-state index >= 15 is 0 Å². The predicted molar refractivity (Wildman–Crippen MR) is 87.1 cm³/mol. The molecule has 0 saturated carbocycles. The van der Waals surface area contributed by atoms with Crippen LogP contribution in [0.2, 0.25) is 10.0 Å². The lowest BCUT2D eigenvalue weighted by Gasteiger charge is -2.12. The molecule has 0 aliphatic rings. The average molecular weight is 340 g/mol. The second-order valence-electron chi connectivity index (χ2n) is 4.64. The van der Waals surface area contributed by atoms with Gasteiger partial charge < -0.3 is 15.2 Å². The lowest BCUT2D eigenvalue weighted by atomic mass is 10.1. The summed E-state index contributed by atoms with van der Waals surface area (Å²) in [6, 6.07) is 10.2. The van der Waals surface area contributed by atoms with E-state index in [1.54, 1.807) is 36.4 Å². The number of amides is 1. The maximum Gasteiger partial charge on any atom is 0.252 e. The van der Waals surface area contributed by atoms with E-state index in [0.29, 0.717) is 27.1 Å². The molecular weight excluding hydrogens is 325 g/mol. The normalized spacial score (nSPS) is 10.3. The monoisotopic (exact) mass is 339 g/mol. The van der Waals surface area contributed by atoms with Crippen LogP contribution in [-0.2, 0) is 0 Å². The van der Waals surface area contributed by atoms with Gasteiger partial charge in [0.15, 0.2) is 0 Å². The van der Waals surface area contributed by atoms with Gasteiger partial charge in [0.1, 0.15) is 24.7 Å². The summed E-state index contributed by atoms with van der Waals surface area (Å²) in [6.45, 7) is 2.43. The van der Waals surface area contributed by atoms with Gasteiger partial charge in [-0.25, -0.2) is 0 Å². The van der Waals surface area contributed by atoms with Crippen molar-refractivity contribution < 1.29 is 14.3 Å². The van der Waals surface area contributed by atoms with Crippen LogP contribution in [0.25, 0.3) is 0 Å². The van der Waals surface area contributed by atoms with Gasteiger partial charge in [0.25, 0.3) is 5.91 Å². The van der Waals surface area contributed by atoms with Crippen LogP contribution in [0.4, 0.5) is 0 Å². The van der Waals surface area contributed by atoms with Crippen LogP contribution in [0, 0.1) is 6.92 Å². The lowest BCUT2D eigenvalue weighted by Crippen LogP contribution is -2.15. The van der Waals surface area contributed by atoms with Crippen molar-refractivity contribution in [3.05, 3.63) is 57.6 Å². The molecule has 4 nitrogen and oxygen atoms in total. The van der Waals surface area contributed by atoms with Gasteiger partial charge in [-0.2, -0.15) is 0 Å². The van der Waals surface area contributed by atoms with Gasteiger partial charge in [-0.05, 0) is 42.8 Å². The Morgan fingerprint density at radius 2 is 1.73 bits per heavy atom. The second-order valence-corrected chi connectivity index (χ2v) is 5.48. The molecule has 0 bridgehead atoms. The molecule has 6 heteroatoms. The summed E-state index contributed by atoms with van der Waals surface area (Å²) < 4.78 is 11.1. The molecule has 0 saturated heterocycles. The number of hydrogen-bond donors (Lipinski definition) is 1. The van der Waals surface area contributed by atoms with Crippen molar-refractivity contribution in [3.8, 4) is 11.5 Å². The SMILES string of the molecule is Cc1ccc(C(N)=O)c(OCCOc2ccc(Cl)cc2Cl)c1. The Labute approximate surface area is 138 Å². The average Bonchev–Trinajstić information content (AvgIpc) is 2.45. The fourth-order valence-electron chi connectivity index (χ4n) is 1.85. The van der Waals surface area contributed by atoms with E-state index in [1.807, 2.05) is 6.92 Å². The first-order valence-corrected chi connectivity index (χ1v) is 7.34. The molecule has 2 rings (SSSR count). The zero-order chi connectivity index (χ0) is 16.1. The number of benzene rings is 2. The van der Waals surface area contributed by atoms with Gasteiger partial charge in [-0.1, -0.05) is 29.3 Å². The van der Waals surface area contributed by atoms with Crippen molar-refractivity contribution in [1.82, 2.24) is 0 Å². The minimum Gasteiger partial charge on any atom is -0.489 e. The Hall–Kier alpha value is -1.91. The van der Waals surface area contributed by atoms with E-state index in [1.165, 1.54) is 0 Å². The summed E-state index contributed by atoms with van der Waals surface area (Å²) in [4.78, 5) is 11.3. The number of rotatable bonds is 6. The number of carbonyl (C=O) groups excluding carboxylic acids is 1. The third-order valence-corrected chi connectivity index (χ3v) is 3.43. The first-order chi connectivity index (χ1) is 10.5. The van der Waals surface area contributed by atoms with E-state index in [-0.39, 0.29) is 13.2 Å². The fourth-order valence-corrected chi connectivity index (χ4v) is 2.31. The van der Waals surface area contributed by atoms with Crippen molar-refractivity contribution in [3.63, 3.8) is 0 Å². The first-order valence-electron chi connectivity index (χ1n) is 6.58. The molecule has 2 aromatic rings. The van der Waals surface area contributed by atoms with Crippen molar-refractivity contribution in [2.75, 3.05) is 13.2 Å². The molecule has 1 amide bonds. The molecule has 0 fully saturated rings. The summed E-state index contributed by atoms with van der Waals surface area (Å²) in [7, 11) is 0. The van der Waals surface area contributed by atoms with Crippen molar-refractivity contribution >= 4 is 29.1 Å². The number of primary amides is 1. The van der Waals surface area contributed by atoms with Crippen molar-refractivity contribution in [2.45, 2.75) is 6.92 Å². The molecule has 0 radical (unpaired) electrons. The van der Waals surface area contributed by atoms with Crippen LogP contribution < -0.4 is 15.2 Å². The van der Waals surface area contributed by atoms with Crippen LogP contribution >= 0.6 is 23.2 Å². The van der Waals surface area contributed by atoms with E-state index in [2.05, 4.69) is 0 Å². The molecule has 116 valence electrons. The smallest absolute Gasteiger partial charge is 0.252 e. The van der Waals surface area contributed by atoms with Gasteiger partial charge in [-0.15, -0.1) is 0 Å². The minimum atomic E-state index is -0.531. The number of carbonyl (C=O) groups is 1. The highest BCUT2D eigenvalue weighted by Gasteiger charge is 2.09. The Morgan fingerprint density at radius 1 is 1.05 bits per heavy atom. The van der Waals surface area contributed by atoms with Gasteiger partial charge in [0.2, 0.25) is 0 Å². The predicted octanol–water partition coefficient (Wildman–Crippen LogP) is 3.86. The minimum absolute atomic E-state index is 0.253. The van der Waals surface area contributed by atoms with Gasteiger partial charge >= 0.3 is 0 Å². The van der Waals surface area contributed by atoms with Crippen LogP contribution in [0.3, 0.4) is 0 Å². The number of hydrogen-bond acceptors (Lipinski definition) is 3. The number of halogens is 2. The Balaban J connectivity index is 1.94. The highest BCUT2D eigenvalue weighted by atomic mass is 35.5. The van der Waals surface area contributed by atoms with Crippen LogP contribution in [0.15, 0.2) is 36.4 Å². The Kier molecular flexibility index (Phi) is 5.52. The largest absolute Gasteiger partial charge is 0.489 e.